The SMILES string of the molecule is CC(C)C[C@H](N)C(=O)NCCCS(=O)(=O)Oc1ccc(C(F)(F)F)cc1. The molecule has 0 radical (unpaired) electrons. The van der Waals surface area contributed by atoms with E-state index in [1.54, 1.807) is 0 Å². The number of halogens is 3. The first-order valence-corrected chi connectivity index (χ1v) is 9.61. The molecule has 0 aromatic heterocycles. The highest BCUT2D eigenvalue weighted by atomic mass is 32.2. The molecule has 6 nitrogen and oxygen atoms in total. The first-order chi connectivity index (χ1) is 11.9. The fourth-order valence-electron chi connectivity index (χ4n) is 2.09. The van der Waals surface area contributed by atoms with Crippen molar-refractivity contribution in [3.8, 4) is 5.75 Å². The summed E-state index contributed by atoms with van der Waals surface area (Å²) in [6.45, 7) is 3.96. The lowest BCUT2D eigenvalue weighted by Crippen LogP contribution is -2.42. The lowest BCUT2D eigenvalue weighted by molar-refractivity contribution is -0.137. The third-order valence-electron chi connectivity index (χ3n) is 3.34. The molecule has 148 valence electrons. The van der Waals surface area contributed by atoms with Crippen molar-refractivity contribution in [1.29, 1.82) is 0 Å². The third-order valence-corrected chi connectivity index (χ3v) is 4.57. The van der Waals surface area contributed by atoms with Gasteiger partial charge in [0.2, 0.25) is 5.91 Å². The van der Waals surface area contributed by atoms with Crippen molar-refractivity contribution in [3.63, 3.8) is 0 Å². The van der Waals surface area contributed by atoms with Crippen LogP contribution in [-0.4, -0.2) is 32.7 Å². The number of hydrogen-bond donors (Lipinski definition) is 2. The van der Waals surface area contributed by atoms with Crippen LogP contribution in [0.5, 0.6) is 5.75 Å². The number of nitrogens with two attached hydrogens (primary N) is 1. The van der Waals surface area contributed by atoms with E-state index in [4.69, 9.17) is 9.92 Å². The van der Waals surface area contributed by atoms with Gasteiger partial charge in [-0.1, -0.05) is 13.8 Å². The number of rotatable bonds is 9. The standard InChI is InChI=1S/C16H23F3N2O4S/c1-11(2)10-14(20)15(22)21-8-3-9-26(23,24)25-13-6-4-12(5-7-13)16(17,18)19/h4-7,11,14H,3,8-10,20H2,1-2H3,(H,21,22)/t14-/m0/s1. The second kappa shape index (κ2) is 9.22. The Kier molecular flexibility index (Phi) is 7.88. The minimum atomic E-state index is -4.51. The molecule has 0 bridgehead atoms. The van der Waals surface area contributed by atoms with E-state index in [2.05, 4.69) is 5.32 Å². The first-order valence-electron chi connectivity index (χ1n) is 8.03. The summed E-state index contributed by atoms with van der Waals surface area (Å²) in [5.74, 6) is -0.706. The summed E-state index contributed by atoms with van der Waals surface area (Å²) in [6, 6.07) is 2.69. The quantitative estimate of drug-likeness (QED) is 0.493. The molecule has 10 heteroatoms. The van der Waals surface area contributed by atoms with Crippen molar-refractivity contribution < 1.29 is 30.6 Å². The highest BCUT2D eigenvalue weighted by Gasteiger charge is 2.30. The van der Waals surface area contributed by atoms with Gasteiger partial charge in [0.15, 0.2) is 0 Å². The van der Waals surface area contributed by atoms with Crippen molar-refractivity contribution in [2.75, 3.05) is 12.3 Å². The summed E-state index contributed by atoms with van der Waals surface area (Å²) >= 11 is 0. The van der Waals surface area contributed by atoms with Gasteiger partial charge in [-0.2, -0.15) is 21.6 Å². The fraction of sp³-hybridized carbons (Fsp3) is 0.562. The van der Waals surface area contributed by atoms with Gasteiger partial charge in [-0.25, -0.2) is 0 Å². The van der Waals surface area contributed by atoms with E-state index >= 15 is 0 Å². The lowest BCUT2D eigenvalue weighted by atomic mass is 10.0. The Hall–Kier alpha value is -1.81. The van der Waals surface area contributed by atoms with E-state index in [1.165, 1.54) is 0 Å². The summed E-state index contributed by atoms with van der Waals surface area (Å²) < 4.78 is 65.7. The lowest BCUT2D eigenvalue weighted by Gasteiger charge is -2.14. The Balaban J connectivity index is 2.44. The van der Waals surface area contributed by atoms with Crippen LogP contribution in [0.4, 0.5) is 13.2 Å². The molecule has 0 aliphatic rings. The largest absolute Gasteiger partial charge is 0.416 e. The van der Waals surface area contributed by atoms with Crippen LogP contribution < -0.4 is 15.2 Å². The second-order valence-electron chi connectivity index (χ2n) is 6.25. The maximum absolute atomic E-state index is 12.5. The van der Waals surface area contributed by atoms with E-state index < -0.39 is 33.7 Å². The summed E-state index contributed by atoms with van der Waals surface area (Å²) in [7, 11) is -3.98. The molecule has 1 atom stereocenters. The van der Waals surface area contributed by atoms with Gasteiger partial charge in [-0.15, -0.1) is 0 Å². The average Bonchev–Trinajstić information content (AvgIpc) is 2.50. The molecule has 0 aliphatic heterocycles. The van der Waals surface area contributed by atoms with Crippen LogP contribution in [0.15, 0.2) is 24.3 Å². The molecule has 0 spiro atoms. The molecule has 0 saturated heterocycles. The minimum Gasteiger partial charge on any atom is -0.382 e. The minimum absolute atomic E-state index is 0.0864. The van der Waals surface area contributed by atoms with Gasteiger partial charge in [0.05, 0.1) is 17.4 Å². The van der Waals surface area contributed by atoms with E-state index in [0.717, 1.165) is 24.3 Å². The number of alkyl halides is 3. The van der Waals surface area contributed by atoms with Gasteiger partial charge < -0.3 is 15.2 Å². The molecule has 1 aromatic carbocycles. The zero-order valence-electron chi connectivity index (χ0n) is 14.5. The van der Waals surface area contributed by atoms with Crippen LogP contribution in [0.25, 0.3) is 0 Å². The van der Waals surface area contributed by atoms with Crippen LogP contribution in [0.3, 0.4) is 0 Å². The summed E-state index contributed by atoms with van der Waals surface area (Å²) in [5, 5.41) is 2.54. The molecule has 1 rings (SSSR count). The van der Waals surface area contributed by atoms with Crippen molar-refractivity contribution >= 4 is 16.0 Å². The van der Waals surface area contributed by atoms with E-state index in [1.807, 2.05) is 13.8 Å². The summed E-state index contributed by atoms with van der Waals surface area (Å²) in [5.41, 5.74) is 4.80. The number of carbonyl (C=O) groups is 1. The Morgan fingerprint density at radius 2 is 1.81 bits per heavy atom. The molecule has 0 unspecified atom stereocenters. The van der Waals surface area contributed by atoms with Crippen LogP contribution in [0.1, 0.15) is 32.3 Å². The van der Waals surface area contributed by atoms with Gasteiger partial charge in [-0.3, -0.25) is 4.79 Å². The highest BCUT2D eigenvalue weighted by molar-refractivity contribution is 7.87. The van der Waals surface area contributed by atoms with E-state index in [9.17, 15) is 26.4 Å². The van der Waals surface area contributed by atoms with Crippen molar-refractivity contribution in [2.45, 2.75) is 38.9 Å². The molecule has 26 heavy (non-hydrogen) atoms. The molecule has 1 amide bonds. The molecule has 1 aromatic rings. The third kappa shape index (κ3) is 8.05. The van der Waals surface area contributed by atoms with Crippen molar-refractivity contribution in [2.24, 2.45) is 11.7 Å². The Labute approximate surface area is 151 Å². The Bertz CT molecular complexity index is 688. The van der Waals surface area contributed by atoms with Crippen LogP contribution in [0, 0.1) is 5.92 Å². The smallest absolute Gasteiger partial charge is 0.382 e. The summed E-state index contributed by atoms with van der Waals surface area (Å²) in [6.07, 6.45) is -3.91. The van der Waals surface area contributed by atoms with Crippen LogP contribution >= 0.6 is 0 Å². The first kappa shape index (κ1) is 22.2. The number of carbonyl (C=O) groups excluding carboxylic acids is 1. The molecule has 0 saturated carbocycles. The zero-order chi connectivity index (χ0) is 20.0. The monoisotopic (exact) mass is 396 g/mol. The van der Waals surface area contributed by atoms with E-state index in [0.29, 0.717) is 6.42 Å². The number of benzene rings is 1. The predicted molar refractivity (Wildman–Crippen MR) is 90.9 cm³/mol. The Morgan fingerprint density at radius 1 is 1.23 bits per heavy atom. The van der Waals surface area contributed by atoms with Gasteiger partial charge in [0.1, 0.15) is 5.75 Å². The topological polar surface area (TPSA) is 98.5 Å². The fourth-order valence-corrected chi connectivity index (χ4v) is 3.08. The molecule has 3 N–H and O–H groups in total. The summed E-state index contributed by atoms with van der Waals surface area (Å²) in [4.78, 5) is 11.7. The van der Waals surface area contributed by atoms with Gasteiger partial charge in [0.25, 0.3) is 0 Å². The van der Waals surface area contributed by atoms with Gasteiger partial charge in [0, 0.05) is 6.54 Å². The molecule has 0 heterocycles. The normalized spacial score (nSPS) is 13.5. The number of amides is 1. The van der Waals surface area contributed by atoms with Crippen LogP contribution in [0.2, 0.25) is 0 Å². The van der Waals surface area contributed by atoms with E-state index in [-0.39, 0.29) is 30.5 Å². The Morgan fingerprint density at radius 3 is 2.31 bits per heavy atom. The molecule has 0 aliphatic carbocycles. The molecular formula is C16H23F3N2O4S. The zero-order valence-corrected chi connectivity index (χ0v) is 15.4. The second-order valence-corrected chi connectivity index (χ2v) is 7.94. The van der Waals surface area contributed by atoms with Crippen molar-refractivity contribution in [1.82, 2.24) is 5.32 Å². The van der Waals surface area contributed by atoms with Crippen LogP contribution in [-0.2, 0) is 21.1 Å². The number of hydrogen-bond acceptors (Lipinski definition) is 5. The highest BCUT2D eigenvalue weighted by Crippen LogP contribution is 2.30. The maximum Gasteiger partial charge on any atom is 0.416 e. The molecule has 0 fully saturated rings. The van der Waals surface area contributed by atoms with Crippen molar-refractivity contribution in [3.05, 3.63) is 29.8 Å². The average molecular weight is 396 g/mol. The molecular weight excluding hydrogens is 373 g/mol. The predicted octanol–water partition coefficient (Wildman–Crippen LogP) is 2.29. The number of nitrogens with one attached hydrogen (secondary N) is 1. The van der Waals surface area contributed by atoms with Gasteiger partial charge >= 0.3 is 16.3 Å². The maximum atomic E-state index is 12.5. The van der Waals surface area contributed by atoms with Gasteiger partial charge in [-0.05, 0) is 43.0 Å².